The summed E-state index contributed by atoms with van der Waals surface area (Å²) < 4.78 is 0. The van der Waals surface area contributed by atoms with Crippen LogP contribution in [0.4, 0.5) is 0 Å². The fourth-order valence-corrected chi connectivity index (χ4v) is 1.24. The third kappa shape index (κ3) is 1.19. The van der Waals surface area contributed by atoms with Crippen LogP contribution >= 0.6 is 0 Å². The van der Waals surface area contributed by atoms with Crippen molar-refractivity contribution in [2.24, 2.45) is 5.11 Å². The van der Waals surface area contributed by atoms with Crippen LogP contribution in [0.2, 0.25) is 0 Å². The SMILES string of the molecule is [N-]=[N+]=NC(=O)c1c[nH]c2cnccc12. The lowest BCUT2D eigenvalue weighted by atomic mass is 10.2. The lowest BCUT2D eigenvalue weighted by Gasteiger charge is -1.90. The van der Waals surface area contributed by atoms with E-state index < -0.39 is 5.91 Å². The molecular weight excluding hydrogens is 182 g/mol. The van der Waals surface area contributed by atoms with Crippen molar-refractivity contribution in [1.82, 2.24) is 9.97 Å². The summed E-state index contributed by atoms with van der Waals surface area (Å²) in [4.78, 5) is 20.4. The molecule has 0 spiro atoms. The Morgan fingerprint density at radius 1 is 1.64 bits per heavy atom. The van der Waals surface area contributed by atoms with E-state index in [9.17, 15) is 4.79 Å². The first-order chi connectivity index (χ1) is 6.83. The summed E-state index contributed by atoms with van der Waals surface area (Å²) in [5.74, 6) is -0.593. The molecule has 14 heavy (non-hydrogen) atoms. The molecule has 1 amide bonds. The number of aromatic amines is 1. The van der Waals surface area contributed by atoms with E-state index in [2.05, 4.69) is 20.0 Å². The van der Waals surface area contributed by atoms with Gasteiger partial charge in [0.15, 0.2) is 0 Å². The molecule has 0 unspecified atom stereocenters. The molecule has 0 saturated carbocycles. The molecule has 0 aliphatic heterocycles. The zero-order chi connectivity index (χ0) is 9.97. The summed E-state index contributed by atoms with van der Waals surface area (Å²) in [6.45, 7) is 0. The quantitative estimate of drug-likeness (QED) is 0.420. The molecule has 6 heteroatoms. The van der Waals surface area contributed by atoms with E-state index in [1.807, 2.05) is 0 Å². The van der Waals surface area contributed by atoms with Crippen LogP contribution in [0.15, 0.2) is 29.8 Å². The van der Waals surface area contributed by atoms with Gasteiger partial charge >= 0.3 is 0 Å². The highest BCUT2D eigenvalue weighted by Crippen LogP contribution is 2.17. The van der Waals surface area contributed by atoms with Crippen LogP contribution in [0.25, 0.3) is 21.3 Å². The number of azide groups is 1. The fraction of sp³-hybridized carbons (Fsp3) is 0. The van der Waals surface area contributed by atoms with E-state index in [0.29, 0.717) is 10.9 Å². The Morgan fingerprint density at radius 3 is 3.29 bits per heavy atom. The second-order valence-corrected chi connectivity index (χ2v) is 2.62. The minimum Gasteiger partial charge on any atom is -0.359 e. The lowest BCUT2D eigenvalue weighted by Crippen LogP contribution is -1.90. The summed E-state index contributed by atoms with van der Waals surface area (Å²) in [5, 5.41) is 3.72. The van der Waals surface area contributed by atoms with Crippen LogP contribution in [-0.4, -0.2) is 15.9 Å². The van der Waals surface area contributed by atoms with Crippen molar-refractivity contribution in [1.29, 1.82) is 0 Å². The third-order valence-electron chi connectivity index (χ3n) is 1.85. The zero-order valence-electron chi connectivity index (χ0n) is 7.01. The van der Waals surface area contributed by atoms with Crippen molar-refractivity contribution in [3.63, 3.8) is 0 Å². The highest BCUT2D eigenvalue weighted by molar-refractivity contribution is 6.06. The van der Waals surface area contributed by atoms with Crippen molar-refractivity contribution in [2.75, 3.05) is 0 Å². The average Bonchev–Trinajstić information content (AvgIpc) is 2.61. The van der Waals surface area contributed by atoms with Crippen LogP contribution < -0.4 is 0 Å². The summed E-state index contributed by atoms with van der Waals surface area (Å²) in [6.07, 6.45) is 4.68. The van der Waals surface area contributed by atoms with Gasteiger partial charge in [0.25, 0.3) is 5.91 Å². The number of aromatic nitrogens is 2. The molecule has 2 aromatic heterocycles. The number of carbonyl (C=O) groups is 1. The van der Waals surface area contributed by atoms with Gasteiger partial charge in [-0.3, -0.25) is 9.78 Å². The van der Waals surface area contributed by atoms with E-state index in [0.717, 1.165) is 5.52 Å². The molecule has 6 nitrogen and oxygen atoms in total. The highest BCUT2D eigenvalue weighted by atomic mass is 16.1. The number of nitrogens with one attached hydrogen (secondary N) is 1. The molecule has 68 valence electrons. The first-order valence-electron chi connectivity index (χ1n) is 3.83. The molecular formula is C8H5N5O. The van der Waals surface area contributed by atoms with Crippen LogP contribution in [0, 0.1) is 0 Å². The minimum absolute atomic E-state index is 0.361. The van der Waals surface area contributed by atoms with Crippen molar-refractivity contribution >= 4 is 16.8 Å². The molecule has 2 heterocycles. The van der Waals surface area contributed by atoms with Gasteiger partial charge in [-0.05, 0) is 16.7 Å². The molecule has 2 aromatic rings. The van der Waals surface area contributed by atoms with Gasteiger partial charge in [-0.2, -0.15) is 0 Å². The number of carbonyl (C=O) groups excluding carboxylic acids is 1. The Bertz CT molecular complexity index is 537. The summed E-state index contributed by atoms with van der Waals surface area (Å²) in [5.41, 5.74) is 9.22. The Labute approximate surface area is 78.2 Å². The fourth-order valence-electron chi connectivity index (χ4n) is 1.24. The molecule has 0 bridgehead atoms. The van der Waals surface area contributed by atoms with Gasteiger partial charge in [0, 0.05) is 28.3 Å². The van der Waals surface area contributed by atoms with Crippen LogP contribution in [0.3, 0.4) is 0 Å². The van der Waals surface area contributed by atoms with Gasteiger partial charge < -0.3 is 4.98 Å². The van der Waals surface area contributed by atoms with Crippen molar-refractivity contribution in [3.05, 3.63) is 40.7 Å². The van der Waals surface area contributed by atoms with Crippen molar-refractivity contribution in [2.45, 2.75) is 0 Å². The molecule has 2 rings (SSSR count). The van der Waals surface area contributed by atoms with Gasteiger partial charge in [0.05, 0.1) is 11.7 Å². The maximum absolute atomic E-state index is 11.3. The number of pyridine rings is 1. The molecule has 0 fully saturated rings. The van der Waals surface area contributed by atoms with E-state index >= 15 is 0 Å². The standard InChI is InChI=1S/C8H5N5O/c9-13-12-8(14)6-3-11-7-4-10-2-1-5(6)7/h1-4,11H. The van der Waals surface area contributed by atoms with Gasteiger partial charge in [0.2, 0.25) is 0 Å². The number of amides is 1. The number of H-pyrrole nitrogens is 1. The van der Waals surface area contributed by atoms with E-state index in [1.165, 1.54) is 6.20 Å². The van der Waals surface area contributed by atoms with Gasteiger partial charge in [-0.25, -0.2) is 0 Å². The molecule has 0 saturated heterocycles. The zero-order valence-corrected chi connectivity index (χ0v) is 7.01. The second-order valence-electron chi connectivity index (χ2n) is 2.62. The maximum Gasteiger partial charge on any atom is 0.251 e. The average molecular weight is 187 g/mol. The number of hydrogen-bond acceptors (Lipinski definition) is 2. The molecule has 0 aliphatic carbocycles. The Morgan fingerprint density at radius 2 is 2.50 bits per heavy atom. The van der Waals surface area contributed by atoms with Gasteiger partial charge in [0.1, 0.15) is 0 Å². The van der Waals surface area contributed by atoms with Gasteiger partial charge in [-0.1, -0.05) is 0 Å². The van der Waals surface area contributed by atoms with Crippen LogP contribution in [0.1, 0.15) is 10.4 Å². The normalized spacial score (nSPS) is 9.71. The summed E-state index contributed by atoms with van der Waals surface area (Å²) >= 11 is 0. The first-order valence-corrected chi connectivity index (χ1v) is 3.83. The Hall–Kier alpha value is -2.33. The summed E-state index contributed by atoms with van der Waals surface area (Å²) in [6, 6.07) is 1.69. The number of nitrogens with zero attached hydrogens (tertiary/aromatic N) is 4. The van der Waals surface area contributed by atoms with E-state index in [-0.39, 0.29) is 0 Å². The van der Waals surface area contributed by atoms with Gasteiger partial charge in [-0.15, -0.1) is 0 Å². The van der Waals surface area contributed by atoms with Crippen molar-refractivity contribution in [3.8, 4) is 0 Å². The largest absolute Gasteiger partial charge is 0.359 e. The van der Waals surface area contributed by atoms with Crippen LogP contribution in [0.5, 0.6) is 0 Å². The van der Waals surface area contributed by atoms with Crippen LogP contribution in [-0.2, 0) is 0 Å². The molecule has 0 aliphatic rings. The Kier molecular flexibility index (Phi) is 1.89. The predicted octanol–water partition coefficient (Wildman–Crippen LogP) is 2.01. The molecule has 0 radical (unpaired) electrons. The predicted molar refractivity (Wildman–Crippen MR) is 49.6 cm³/mol. The lowest BCUT2D eigenvalue weighted by molar-refractivity contribution is 0.100. The molecule has 1 N–H and O–H groups in total. The number of fused-ring (bicyclic) bond motifs is 1. The first kappa shape index (κ1) is 8.28. The number of hydrogen-bond donors (Lipinski definition) is 1. The highest BCUT2D eigenvalue weighted by Gasteiger charge is 2.09. The molecule has 0 atom stereocenters. The maximum atomic E-state index is 11.3. The summed E-state index contributed by atoms with van der Waals surface area (Å²) in [7, 11) is 0. The monoisotopic (exact) mass is 187 g/mol. The minimum atomic E-state index is -0.593. The number of rotatable bonds is 1. The van der Waals surface area contributed by atoms with E-state index in [1.54, 1.807) is 18.5 Å². The van der Waals surface area contributed by atoms with Crippen molar-refractivity contribution < 1.29 is 4.79 Å². The topological polar surface area (TPSA) is 94.5 Å². The third-order valence-corrected chi connectivity index (χ3v) is 1.85. The molecule has 0 aromatic carbocycles. The van der Waals surface area contributed by atoms with E-state index in [4.69, 9.17) is 5.53 Å². The smallest absolute Gasteiger partial charge is 0.251 e. The second kappa shape index (κ2) is 3.20. The Balaban J connectivity index is 2.64.